The Labute approximate surface area is 99.7 Å². The zero-order valence-corrected chi connectivity index (χ0v) is 10.1. The summed E-state index contributed by atoms with van der Waals surface area (Å²) in [7, 11) is 1.56. The molecule has 0 spiro atoms. The molecule has 1 N–H and O–H groups in total. The maximum Gasteiger partial charge on any atom is 0.131 e. The third-order valence-electron chi connectivity index (χ3n) is 2.21. The molecule has 1 aromatic rings. The zero-order chi connectivity index (χ0) is 12.8. The average Bonchev–Trinajstić information content (AvgIpc) is 2.28. The van der Waals surface area contributed by atoms with Crippen LogP contribution in [0.5, 0.6) is 5.75 Å². The van der Waals surface area contributed by atoms with Crippen molar-refractivity contribution in [1.82, 2.24) is 0 Å². The van der Waals surface area contributed by atoms with Gasteiger partial charge in [-0.1, -0.05) is 5.16 Å². The lowest BCUT2D eigenvalue weighted by Crippen LogP contribution is -2.19. The van der Waals surface area contributed by atoms with Crippen LogP contribution in [0.3, 0.4) is 0 Å². The number of oxime groups is 1. The molecule has 0 fully saturated rings. The molecule has 1 atom stereocenters. The lowest BCUT2D eigenvalue weighted by atomic mass is 10.1. The lowest BCUT2D eigenvalue weighted by Gasteiger charge is -2.16. The highest BCUT2D eigenvalue weighted by atomic mass is 19.1. The van der Waals surface area contributed by atoms with E-state index in [-0.39, 0.29) is 6.10 Å². The van der Waals surface area contributed by atoms with Gasteiger partial charge in [-0.3, -0.25) is 0 Å². The van der Waals surface area contributed by atoms with Crippen LogP contribution in [0.2, 0.25) is 0 Å². The Morgan fingerprint density at radius 1 is 1.53 bits per heavy atom. The van der Waals surface area contributed by atoms with Gasteiger partial charge in [0.05, 0.1) is 12.3 Å². The fourth-order valence-electron chi connectivity index (χ4n) is 1.43. The maximum absolute atomic E-state index is 13.1. The van der Waals surface area contributed by atoms with Crippen molar-refractivity contribution in [2.24, 2.45) is 5.16 Å². The van der Waals surface area contributed by atoms with Crippen molar-refractivity contribution in [3.8, 4) is 5.75 Å². The van der Waals surface area contributed by atoms with Gasteiger partial charge in [-0.2, -0.15) is 0 Å². The van der Waals surface area contributed by atoms with E-state index < -0.39 is 5.82 Å². The fourth-order valence-corrected chi connectivity index (χ4v) is 1.43. The molecule has 17 heavy (non-hydrogen) atoms. The molecule has 0 aliphatic heterocycles. The minimum atomic E-state index is -0.404. The molecular weight excluding hydrogens is 225 g/mol. The summed E-state index contributed by atoms with van der Waals surface area (Å²) in [5.41, 5.74) is 0.918. The molecule has 94 valence electrons. The fraction of sp³-hybridized carbons (Fsp3) is 0.417. The second-order valence-electron chi connectivity index (χ2n) is 3.71. The zero-order valence-electron chi connectivity index (χ0n) is 10.1. The molecule has 5 heteroatoms. The van der Waals surface area contributed by atoms with Crippen LogP contribution in [0.1, 0.15) is 19.4 Å². The summed E-state index contributed by atoms with van der Waals surface area (Å²) in [5.74, 6) is -0.0658. The number of ether oxygens (including phenoxy) is 2. The van der Waals surface area contributed by atoms with Gasteiger partial charge in [0, 0.05) is 18.7 Å². The smallest absolute Gasteiger partial charge is 0.131 e. The van der Waals surface area contributed by atoms with Crippen molar-refractivity contribution in [2.75, 3.05) is 13.7 Å². The summed E-state index contributed by atoms with van der Waals surface area (Å²) in [6, 6.07) is 4.06. The van der Waals surface area contributed by atoms with Crippen LogP contribution >= 0.6 is 0 Å². The monoisotopic (exact) mass is 241 g/mol. The summed E-state index contributed by atoms with van der Waals surface area (Å²) in [4.78, 5) is 0. The second kappa shape index (κ2) is 6.20. The molecule has 0 heterocycles. The first-order chi connectivity index (χ1) is 8.08. The molecule has 0 aliphatic carbocycles. The molecule has 0 aromatic heterocycles. The number of rotatable bonds is 5. The second-order valence-corrected chi connectivity index (χ2v) is 3.71. The molecule has 1 unspecified atom stereocenters. The highest BCUT2D eigenvalue weighted by molar-refractivity contribution is 6.00. The number of methoxy groups -OCH3 is 1. The van der Waals surface area contributed by atoms with Crippen LogP contribution in [0.25, 0.3) is 0 Å². The number of halogens is 1. The predicted molar refractivity (Wildman–Crippen MR) is 62.4 cm³/mol. The van der Waals surface area contributed by atoms with Crippen LogP contribution in [0.15, 0.2) is 23.4 Å². The van der Waals surface area contributed by atoms with Crippen LogP contribution in [-0.4, -0.2) is 30.7 Å². The number of hydrogen-bond donors (Lipinski definition) is 1. The molecular formula is C12H16FNO3. The molecule has 0 saturated carbocycles. The van der Waals surface area contributed by atoms with E-state index in [1.165, 1.54) is 18.2 Å². The third kappa shape index (κ3) is 3.71. The van der Waals surface area contributed by atoms with Crippen molar-refractivity contribution < 1.29 is 19.1 Å². The summed E-state index contributed by atoms with van der Waals surface area (Å²) >= 11 is 0. The topological polar surface area (TPSA) is 51.0 Å². The van der Waals surface area contributed by atoms with Crippen molar-refractivity contribution in [3.63, 3.8) is 0 Å². The summed E-state index contributed by atoms with van der Waals surface area (Å²) in [6.07, 6.45) is -0.216. The largest absolute Gasteiger partial charge is 0.488 e. The highest BCUT2D eigenvalue weighted by Gasteiger charge is 2.12. The molecule has 1 rings (SSSR count). The quantitative estimate of drug-likeness (QED) is 0.489. The van der Waals surface area contributed by atoms with E-state index in [0.29, 0.717) is 23.6 Å². The first kappa shape index (κ1) is 13.4. The van der Waals surface area contributed by atoms with Gasteiger partial charge in [-0.05, 0) is 26.0 Å². The first-order valence-electron chi connectivity index (χ1n) is 5.22. The molecule has 0 amide bonds. The van der Waals surface area contributed by atoms with Crippen molar-refractivity contribution >= 4 is 5.71 Å². The van der Waals surface area contributed by atoms with E-state index >= 15 is 0 Å². The van der Waals surface area contributed by atoms with Crippen LogP contribution in [0, 0.1) is 5.82 Å². The van der Waals surface area contributed by atoms with Gasteiger partial charge in [0.25, 0.3) is 0 Å². The van der Waals surface area contributed by atoms with E-state index in [4.69, 9.17) is 14.7 Å². The van der Waals surface area contributed by atoms with Crippen LogP contribution in [0.4, 0.5) is 4.39 Å². The van der Waals surface area contributed by atoms with Gasteiger partial charge in [0.2, 0.25) is 0 Å². The summed E-state index contributed by atoms with van der Waals surface area (Å²) in [6.45, 7) is 3.82. The highest BCUT2D eigenvalue weighted by Crippen LogP contribution is 2.22. The van der Waals surface area contributed by atoms with E-state index in [9.17, 15) is 4.39 Å². The molecule has 0 saturated heterocycles. The van der Waals surface area contributed by atoms with Gasteiger partial charge in [0.15, 0.2) is 0 Å². The van der Waals surface area contributed by atoms with Crippen molar-refractivity contribution in [3.05, 3.63) is 29.6 Å². The third-order valence-corrected chi connectivity index (χ3v) is 2.21. The van der Waals surface area contributed by atoms with E-state index in [1.54, 1.807) is 14.0 Å². The molecule has 1 aromatic carbocycles. The Morgan fingerprint density at radius 3 is 2.82 bits per heavy atom. The predicted octanol–water partition coefficient (Wildman–Crippen LogP) is 2.44. The Bertz CT molecular complexity index is 407. The first-order valence-corrected chi connectivity index (χ1v) is 5.22. The maximum atomic E-state index is 13.1. The number of hydrogen-bond acceptors (Lipinski definition) is 4. The number of nitrogens with zero attached hydrogens (tertiary/aromatic N) is 1. The summed E-state index contributed by atoms with van der Waals surface area (Å²) in [5, 5.41) is 11.8. The minimum Gasteiger partial charge on any atom is -0.488 e. The van der Waals surface area contributed by atoms with Gasteiger partial charge >= 0.3 is 0 Å². The van der Waals surface area contributed by atoms with Crippen LogP contribution < -0.4 is 4.74 Å². The Hall–Kier alpha value is -1.62. The molecule has 0 radical (unpaired) electrons. The lowest BCUT2D eigenvalue weighted by molar-refractivity contribution is 0.0917. The molecule has 0 aliphatic rings. The SMILES string of the molecule is COCC(C)Oc1cc(F)ccc1C(C)=NO. The Kier molecular flexibility index (Phi) is 4.90. The van der Waals surface area contributed by atoms with Crippen LogP contribution in [-0.2, 0) is 4.74 Å². The minimum absolute atomic E-state index is 0.216. The average molecular weight is 241 g/mol. The van der Waals surface area contributed by atoms with Gasteiger partial charge < -0.3 is 14.7 Å². The van der Waals surface area contributed by atoms with Crippen molar-refractivity contribution in [1.29, 1.82) is 0 Å². The van der Waals surface area contributed by atoms with Gasteiger partial charge in [0.1, 0.15) is 17.7 Å². The van der Waals surface area contributed by atoms with E-state index in [1.807, 2.05) is 6.92 Å². The van der Waals surface area contributed by atoms with E-state index in [0.717, 1.165) is 0 Å². The molecule has 0 bridgehead atoms. The normalized spacial score (nSPS) is 13.5. The molecule has 4 nitrogen and oxygen atoms in total. The van der Waals surface area contributed by atoms with Crippen molar-refractivity contribution in [2.45, 2.75) is 20.0 Å². The Morgan fingerprint density at radius 2 is 2.24 bits per heavy atom. The van der Waals surface area contributed by atoms with E-state index in [2.05, 4.69) is 5.16 Å². The number of benzene rings is 1. The van der Waals surface area contributed by atoms with Gasteiger partial charge in [-0.15, -0.1) is 0 Å². The standard InChI is InChI=1S/C12H16FNO3/c1-8(7-16-3)17-12-6-10(13)4-5-11(12)9(2)14-15/h4-6,8,15H,7H2,1-3H3. The summed E-state index contributed by atoms with van der Waals surface area (Å²) < 4.78 is 23.6. The van der Waals surface area contributed by atoms with Gasteiger partial charge in [-0.25, -0.2) is 4.39 Å². The Balaban J connectivity index is 2.99.